The van der Waals surface area contributed by atoms with Gasteiger partial charge in [-0.25, -0.2) is 0 Å². The summed E-state index contributed by atoms with van der Waals surface area (Å²) in [6.07, 6.45) is 6.78. The molecule has 1 aromatic heterocycles. The Morgan fingerprint density at radius 1 is 1.30 bits per heavy atom. The fourth-order valence-corrected chi connectivity index (χ4v) is 2.70. The number of hydrogen-bond acceptors (Lipinski definition) is 3. The van der Waals surface area contributed by atoms with Crippen LogP contribution in [0.2, 0.25) is 0 Å². The van der Waals surface area contributed by atoms with Crippen molar-refractivity contribution in [3.05, 3.63) is 42.1 Å². The molecule has 2 aromatic rings. The fraction of sp³-hybridized carbons (Fsp3) is 0.412. The molecule has 20 heavy (non-hydrogen) atoms. The van der Waals surface area contributed by atoms with Gasteiger partial charge in [0.15, 0.2) is 5.78 Å². The number of nitrogens with zero attached hydrogens (tertiary/aromatic N) is 1. The zero-order chi connectivity index (χ0) is 13.8. The first-order chi connectivity index (χ1) is 9.83. The number of fused-ring (bicyclic) bond motifs is 1. The van der Waals surface area contributed by atoms with Gasteiger partial charge in [0.25, 0.3) is 0 Å². The van der Waals surface area contributed by atoms with Crippen LogP contribution in [0.3, 0.4) is 0 Å². The smallest absolute Gasteiger partial charge is 0.164 e. The van der Waals surface area contributed by atoms with E-state index < -0.39 is 0 Å². The van der Waals surface area contributed by atoms with E-state index in [-0.39, 0.29) is 11.9 Å². The Morgan fingerprint density at radius 2 is 2.20 bits per heavy atom. The lowest BCUT2D eigenvalue weighted by molar-refractivity contribution is 0.0104. The van der Waals surface area contributed by atoms with E-state index in [1.165, 1.54) is 6.42 Å². The van der Waals surface area contributed by atoms with Gasteiger partial charge in [0.05, 0.1) is 11.6 Å². The molecule has 1 aliphatic rings. The molecule has 1 unspecified atom stereocenters. The molecule has 0 saturated carbocycles. The second-order valence-corrected chi connectivity index (χ2v) is 5.37. The average molecular weight is 269 g/mol. The predicted molar refractivity (Wildman–Crippen MR) is 78.9 cm³/mol. The summed E-state index contributed by atoms with van der Waals surface area (Å²) in [7, 11) is 0. The molecular formula is C17H19NO2. The second-order valence-electron chi connectivity index (χ2n) is 5.37. The van der Waals surface area contributed by atoms with Crippen molar-refractivity contribution in [3.8, 4) is 0 Å². The van der Waals surface area contributed by atoms with Crippen LogP contribution in [0.5, 0.6) is 0 Å². The van der Waals surface area contributed by atoms with E-state index in [1.807, 2.05) is 30.3 Å². The Morgan fingerprint density at radius 3 is 3.05 bits per heavy atom. The molecule has 0 bridgehead atoms. The number of benzene rings is 1. The van der Waals surface area contributed by atoms with Crippen molar-refractivity contribution in [1.29, 1.82) is 0 Å². The summed E-state index contributed by atoms with van der Waals surface area (Å²) in [5.41, 5.74) is 1.64. The Balaban J connectivity index is 1.65. The number of pyridine rings is 1. The Kier molecular flexibility index (Phi) is 4.07. The monoisotopic (exact) mass is 269 g/mol. The molecule has 1 aliphatic heterocycles. The molecule has 3 nitrogen and oxygen atoms in total. The molecule has 0 radical (unpaired) electrons. The first kappa shape index (κ1) is 13.3. The van der Waals surface area contributed by atoms with Crippen LogP contribution < -0.4 is 0 Å². The molecule has 1 fully saturated rings. The fourth-order valence-electron chi connectivity index (χ4n) is 2.70. The molecule has 0 N–H and O–H groups in total. The Labute approximate surface area is 119 Å². The quantitative estimate of drug-likeness (QED) is 0.793. The molecule has 0 aliphatic carbocycles. The van der Waals surface area contributed by atoms with Crippen molar-refractivity contribution < 1.29 is 9.53 Å². The third kappa shape index (κ3) is 3.05. The minimum Gasteiger partial charge on any atom is -0.378 e. The van der Waals surface area contributed by atoms with Gasteiger partial charge in [-0.1, -0.05) is 18.2 Å². The Hall–Kier alpha value is -1.74. The van der Waals surface area contributed by atoms with Crippen LogP contribution in [0, 0.1) is 0 Å². The summed E-state index contributed by atoms with van der Waals surface area (Å²) in [6, 6.07) is 9.81. The van der Waals surface area contributed by atoms with Crippen molar-refractivity contribution in [2.75, 3.05) is 6.61 Å². The van der Waals surface area contributed by atoms with Gasteiger partial charge >= 0.3 is 0 Å². The number of ether oxygens (including phenoxy) is 1. The van der Waals surface area contributed by atoms with Gasteiger partial charge < -0.3 is 4.74 Å². The largest absolute Gasteiger partial charge is 0.378 e. The summed E-state index contributed by atoms with van der Waals surface area (Å²) < 4.78 is 5.67. The van der Waals surface area contributed by atoms with Gasteiger partial charge in [0, 0.05) is 30.2 Å². The van der Waals surface area contributed by atoms with Crippen LogP contribution in [-0.4, -0.2) is 23.5 Å². The molecule has 3 rings (SSSR count). The number of para-hydroxylation sites is 1. The lowest BCUT2D eigenvalue weighted by Gasteiger charge is -2.22. The summed E-state index contributed by atoms with van der Waals surface area (Å²) in [5.74, 6) is 0.164. The topological polar surface area (TPSA) is 39.2 Å². The highest BCUT2D eigenvalue weighted by Crippen LogP contribution is 2.19. The number of hydrogen-bond donors (Lipinski definition) is 0. The number of carbonyl (C=O) groups is 1. The molecule has 1 atom stereocenters. The zero-order valence-electron chi connectivity index (χ0n) is 11.5. The molecule has 1 saturated heterocycles. The first-order valence-electron chi connectivity index (χ1n) is 7.32. The Bertz CT molecular complexity index is 603. The van der Waals surface area contributed by atoms with Crippen LogP contribution in [0.25, 0.3) is 10.9 Å². The van der Waals surface area contributed by atoms with Crippen molar-refractivity contribution in [3.63, 3.8) is 0 Å². The van der Waals surface area contributed by atoms with Gasteiger partial charge in [-0.15, -0.1) is 0 Å². The third-order valence-electron chi connectivity index (χ3n) is 3.88. The zero-order valence-corrected chi connectivity index (χ0v) is 11.5. The summed E-state index contributed by atoms with van der Waals surface area (Å²) in [4.78, 5) is 16.6. The molecule has 3 heteroatoms. The minimum absolute atomic E-state index is 0.164. The number of ketones is 1. The predicted octanol–water partition coefficient (Wildman–Crippen LogP) is 3.77. The molecule has 2 heterocycles. The molecular weight excluding hydrogens is 250 g/mol. The summed E-state index contributed by atoms with van der Waals surface area (Å²) in [5, 5.41) is 1.02. The van der Waals surface area contributed by atoms with Crippen LogP contribution in [0.1, 0.15) is 42.5 Å². The van der Waals surface area contributed by atoms with Gasteiger partial charge in [-0.2, -0.15) is 0 Å². The maximum atomic E-state index is 12.2. The van der Waals surface area contributed by atoms with E-state index >= 15 is 0 Å². The number of rotatable bonds is 4. The van der Waals surface area contributed by atoms with Gasteiger partial charge in [-0.3, -0.25) is 9.78 Å². The lowest BCUT2D eigenvalue weighted by atomic mass is 10.0. The maximum Gasteiger partial charge on any atom is 0.164 e. The third-order valence-corrected chi connectivity index (χ3v) is 3.88. The van der Waals surface area contributed by atoms with E-state index in [4.69, 9.17) is 4.74 Å². The number of Topliss-reactive ketones (excluding diaryl/α,β-unsaturated/α-hetero) is 1. The highest BCUT2D eigenvalue weighted by atomic mass is 16.5. The molecule has 1 aromatic carbocycles. The number of carbonyl (C=O) groups excluding carboxylic acids is 1. The number of aromatic nitrogens is 1. The highest BCUT2D eigenvalue weighted by molar-refractivity contribution is 5.98. The van der Waals surface area contributed by atoms with Gasteiger partial charge in [0.2, 0.25) is 0 Å². The standard InChI is InChI=1S/C17H19NO2/c19-17(9-8-15-6-3-4-10-20-15)14-11-13-5-1-2-7-16(13)18-12-14/h1-2,5,7,11-12,15H,3-4,6,8-10H2. The van der Waals surface area contributed by atoms with Crippen molar-refractivity contribution >= 4 is 16.7 Å². The van der Waals surface area contributed by atoms with Crippen LogP contribution in [0.15, 0.2) is 36.5 Å². The molecule has 0 spiro atoms. The van der Waals surface area contributed by atoms with E-state index in [2.05, 4.69) is 4.98 Å². The van der Waals surface area contributed by atoms with Crippen LogP contribution in [-0.2, 0) is 4.74 Å². The van der Waals surface area contributed by atoms with Crippen LogP contribution >= 0.6 is 0 Å². The average Bonchev–Trinajstić information content (AvgIpc) is 2.53. The van der Waals surface area contributed by atoms with Crippen LogP contribution in [0.4, 0.5) is 0 Å². The van der Waals surface area contributed by atoms with Crippen molar-refractivity contribution in [2.45, 2.75) is 38.2 Å². The first-order valence-corrected chi connectivity index (χ1v) is 7.32. The van der Waals surface area contributed by atoms with E-state index in [9.17, 15) is 4.79 Å². The lowest BCUT2D eigenvalue weighted by Crippen LogP contribution is -2.20. The summed E-state index contributed by atoms with van der Waals surface area (Å²) in [6.45, 7) is 0.844. The van der Waals surface area contributed by atoms with Crippen molar-refractivity contribution in [1.82, 2.24) is 4.98 Å². The summed E-state index contributed by atoms with van der Waals surface area (Å²) >= 11 is 0. The van der Waals surface area contributed by atoms with Gasteiger partial charge in [0.1, 0.15) is 0 Å². The SMILES string of the molecule is O=C(CCC1CCCCO1)c1cnc2ccccc2c1. The van der Waals surface area contributed by atoms with E-state index in [0.717, 1.165) is 36.8 Å². The highest BCUT2D eigenvalue weighted by Gasteiger charge is 2.16. The maximum absolute atomic E-state index is 12.2. The van der Waals surface area contributed by atoms with Gasteiger partial charge in [-0.05, 0) is 37.8 Å². The van der Waals surface area contributed by atoms with Crippen molar-refractivity contribution in [2.24, 2.45) is 0 Å². The second kappa shape index (κ2) is 6.14. The van der Waals surface area contributed by atoms with E-state index in [0.29, 0.717) is 12.0 Å². The molecule has 104 valence electrons. The van der Waals surface area contributed by atoms with E-state index in [1.54, 1.807) is 6.20 Å². The molecule has 0 amide bonds. The normalized spacial score (nSPS) is 19.1. The minimum atomic E-state index is 0.164.